The Morgan fingerprint density at radius 3 is 2.79 bits per heavy atom. The number of nitrogens with one attached hydrogen (secondary N) is 1. The Labute approximate surface area is 168 Å². The molecule has 0 saturated carbocycles. The minimum Gasteiger partial charge on any atom is -0.396 e. The largest absolute Gasteiger partial charge is 0.396 e. The van der Waals surface area contributed by atoms with Gasteiger partial charge in [-0.15, -0.1) is 0 Å². The van der Waals surface area contributed by atoms with Crippen molar-refractivity contribution in [3.8, 4) is 0 Å². The van der Waals surface area contributed by atoms with Crippen molar-refractivity contribution in [3.05, 3.63) is 64.9 Å². The van der Waals surface area contributed by atoms with Crippen LogP contribution in [0.1, 0.15) is 37.1 Å². The van der Waals surface area contributed by atoms with E-state index in [1.54, 1.807) is 12.1 Å². The van der Waals surface area contributed by atoms with Crippen LogP contribution in [-0.2, 0) is 24.2 Å². The number of carbonyl (C=O) groups excluding carboxylic acids is 1. The van der Waals surface area contributed by atoms with E-state index in [2.05, 4.69) is 9.88 Å². The van der Waals surface area contributed by atoms with Crippen molar-refractivity contribution in [2.45, 2.75) is 45.7 Å². The van der Waals surface area contributed by atoms with Crippen LogP contribution < -0.4 is 11.1 Å². The molecule has 0 fully saturated rings. The van der Waals surface area contributed by atoms with Gasteiger partial charge in [0.05, 0.1) is 11.2 Å². The summed E-state index contributed by atoms with van der Waals surface area (Å²) >= 11 is 0. The normalized spacial score (nSPS) is 16.2. The summed E-state index contributed by atoms with van der Waals surface area (Å²) in [6.45, 7) is 4.17. The van der Waals surface area contributed by atoms with E-state index in [0.717, 1.165) is 28.8 Å². The summed E-state index contributed by atoms with van der Waals surface area (Å²) in [6, 6.07) is 9.82. The van der Waals surface area contributed by atoms with Gasteiger partial charge in [0.25, 0.3) is 0 Å². The Hall–Kier alpha value is -2.89. The number of anilines is 1. The number of aromatic nitrogens is 1. The van der Waals surface area contributed by atoms with Gasteiger partial charge in [0.15, 0.2) is 5.82 Å². The van der Waals surface area contributed by atoms with Crippen molar-refractivity contribution in [2.24, 2.45) is 5.92 Å². The van der Waals surface area contributed by atoms with Gasteiger partial charge in [-0.25, -0.2) is 8.78 Å². The maximum Gasteiger partial charge on any atom is 0.222 e. The average Bonchev–Trinajstić information content (AvgIpc) is 2.98. The zero-order valence-corrected chi connectivity index (χ0v) is 16.6. The molecule has 1 aliphatic rings. The number of nitrogen functional groups attached to an aromatic ring is 1. The number of nitrogens with zero attached hydrogens (tertiary/aromatic N) is 1. The quantitative estimate of drug-likeness (QED) is 0.649. The lowest BCUT2D eigenvalue weighted by Crippen LogP contribution is -2.41. The molecule has 0 radical (unpaired) electrons. The van der Waals surface area contributed by atoms with Gasteiger partial charge < -0.3 is 15.6 Å². The number of fused-ring (bicyclic) bond motifs is 3. The molecule has 3 N–H and O–H groups in total. The Morgan fingerprint density at radius 1 is 1.28 bits per heavy atom. The van der Waals surface area contributed by atoms with E-state index < -0.39 is 5.82 Å². The van der Waals surface area contributed by atoms with E-state index in [0.29, 0.717) is 24.8 Å². The minimum atomic E-state index is -0.424. The van der Waals surface area contributed by atoms with Crippen molar-refractivity contribution in [1.82, 2.24) is 9.88 Å². The molecule has 0 bridgehead atoms. The van der Waals surface area contributed by atoms with Crippen LogP contribution >= 0.6 is 0 Å². The smallest absolute Gasteiger partial charge is 0.222 e. The molecule has 1 unspecified atom stereocenters. The molecule has 6 heteroatoms. The van der Waals surface area contributed by atoms with Gasteiger partial charge in [-0.3, -0.25) is 4.79 Å². The van der Waals surface area contributed by atoms with Gasteiger partial charge in [0, 0.05) is 29.6 Å². The molecule has 1 atom stereocenters. The van der Waals surface area contributed by atoms with Crippen LogP contribution in [-0.4, -0.2) is 16.5 Å². The standard InChI is InChI=1S/C23H25F2N3O/c1-13(2)23(29)27-16-6-8-19-17(11-16)21-20(9-7-18(26)22(21)25)28(19)12-14-4-3-5-15(24)10-14/h3-5,7,9-10,13,16H,6,8,11-12,26H2,1-2H3,(H,27,29). The van der Waals surface area contributed by atoms with Gasteiger partial charge in [0.1, 0.15) is 5.82 Å². The van der Waals surface area contributed by atoms with Crippen molar-refractivity contribution < 1.29 is 13.6 Å². The SMILES string of the molecule is CC(C)C(=O)NC1CCc2c(c3c(F)c(N)ccc3n2Cc2cccc(F)c2)C1. The second-order valence-corrected chi connectivity index (χ2v) is 8.11. The molecule has 152 valence electrons. The van der Waals surface area contributed by atoms with Crippen molar-refractivity contribution >= 4 is 22.5 Å². The molecule has 0 aliphatic heterocycles. The molecule has 0 spiro atoms. The van der Waals surface area contributed by atoms with Gasteiger partial charge in [-0.05, 0) is 54.7 Å². The number of hydrogen-bond acceptors (Lipinski definition) is 2. The fourth-order valence-corrected chi connectivity index (χ4v) is 4.20. The lowest BCUT2D eigenvalue weighted by atomic mass is 9.90. The molecule has 1 aliphatic carbocycles. The molecule has 1 aromatic heterocycles. The molecule has 0 saturated heterocycles. The topological polar surface area (TPSA) is 60.1 Å². The third-order valence-electron chi connectivity index (χ3n) is 5.70. The van der Waals surface area contributed by atoms with Gasteiger partial charge in [-0.2, -0.15) is 0 Å². The lowest BCUT2D eigenvalue weighted by molar-refractivity contribution is -0.124. The molecule has 1 heterocycles. The molecule has 2 aromatic carbocycles. The van der Waals surface area contributed by atoms with Crippen LogP contribution in [0.15, 0.2) is 36.4 Å². The second kappa shape index (κ2) is 7.50. The monoisotopic (exact) mass is 397 g/mol. The van der Waals surface area contributed by atoms with E-state index in [1.807, 2.05) is 26.0 Å². The van der Waals surface area contributed by atoms with Crippen LogP contribution in [0, 0.1) is 17.6 Å². The van der Waals surface area contributed by atoms with Crippen molar-refractivity contribution in [2.75, 3.05) is 5.73 Å². The maximum atomic E-state index is 15.0. The third kappa shape index (κ3) is 3.59. The van der Waals surface area contributed by atoms with Crippen LogP contribution in [0.25, 0.3) is 10.9 Å². The Bertz CT molecular complexity index is 1090. The summed E-state index contributed by atoms with van der Waals surface area (Å²) in [5.74, 6) is -0.813. The number of benzene rings is 2. The fraction of sp³-hybridized carbons (Fsp3) is 0.348. The highest BCUT2D eigenvalue weighted by Gasteiger charge is 2.29. The first-order valence-corrected chi connectivity index (χ1v) is 9.98. The predicted octanol–water partition coefficient (Wildman–Crippen LogP) is 4.18. The number of rotatable bonds is 4. The summed E-state index contributed by atoms with van der Waals surface area (Å²) in [6.07, 6.45) is 2.05. The third-order valence-corrected chi connectivity index (χ3v) is 5.70. The first kappa shape index (κ1) is 19.4. The van der Waals surface area contributed by atoms with Gasteiger partial charge in [-0.1, -0.05) is 26.0 Å². The Kier molecular flexibility index (Phi) is 5.03. The van der Waals surface area contributed by atoms with Gasteiger partial charge in [0.2, 0.25) is 5.91 Å². The van der Waals surface area contributed by atoms with Crippen LogP contribution in [0.4, 0.5) is 14.5 Å². The zero-order chi connectivity index (χ0) is 20.7. The van der Waals surface area contributed by atoms with Crippen LogP contribution in [0.3, 0.4) is 0 Å². The minimum absolute atomic E-state index is 0.00179. The summed E-state index contributed by atoms with van der Waals surface area (Å²) in [4.78, 5) is 12.1. The average molecular weight is 397 g/mol. The molecule has 3 aromatic rings. The van der Waals surface area contributed by atoms with E-state index in [-0.39, 0.29) is 29.4 Å². The number of carbonyl (C=O) groups is 1. The van der Waals surface area contributed by atoms with E-state index >= 15 is 4.39 Å². The molecule has 29 heavy (non-hydrogen) atoms. The molecular weight excluding hydrogens is 372 g/mol. The number of amides is 1. The van der Waals surface area contributed by atoms with E-state index in [9.17, 15) is 9.18 Å². The molecule has 4 nitrogen and oxygen atoms in total. The number of halogens is 2. The summed E-state index contributed by atoms with van der Waals surface area (Å²) < 4.78 is 30.8. The van der Waals surface area contributed by atoms with E-state index in [1.165, 1.54) is 12.1 Å². The zero-order valence-electron chi connectivity index (χ0n) is 16.6. The highest BCUT2D eigenvalue weighted by atomic mass is 19.1. The summed E-state index contributed by atoms with van der Waals surface area (Å²) in [7, 11) is 0. The Morgan fingerprint density at radius 2 is 2.07 bits per heavy atom. The Balaban J connectivity index is 1.78. The number of nitrogens with two attached hydrogens (primary N) is 1. The van der Waals surface area contributed by atoms with Crippen LogP contribution in [0.2, 0.25) is 0 Å². The lowest BCUT2D eigenvalue weighted by Gasteiger charge is -2.26. The number of hydrogen-bond donors (Lipinski definition) is 2. The first-order valence-electron chi connectivity index (χ1n) is 9.98. The van der Waals surface area contributed by atoms with Crippen LogP contribution in [0.5, 0.6) is 0 Å². The molecule has 4 rings (SSSR count). The van der Waals surface area contributed by atoms with Crippen molar-refractivity contribution in [3.63, 3.8) is 0 Å². The highest BCUT2D eigenvalue weighted by molar-refractivity contribution is 5.89. The highest BCUT2D eigenvalue weighted by Crippen LogP contribution is 2.36. The maximum absolute atomic E-state index is 15.0. The summed E-state index contributed by atoms with van der Waals surface area (Å²) in [5.41, 5.74) is 9.45. The molecule has 1 amide bonds. The van der Waals surface area contributed by atoms with Crippen molar-refractivity contribution in [1.29, 1.82) is 0 Å². The van der Waals surface area contributed by atoms with Gasteiger partial charge >= 0.3 is 0 Å². The summed E-state index contributed by atoms with van der Waals surface area (Å²) in [5, 5.41) is 3.59. The molecular formula is C23H25F2N3O. The fourth-order valence-electron chi connectivity index (χ4n) is 4.20. The van der Waals surface area contributed by atoms with E-state index in [4.69, 9.17) is 5.73 Å². The predicted molar refractivity (Wildman–Crippen MR) is 111 cm³/mol. The first-order chi connectivity index (χ1) is 13.8. The second-order valence-electron chi connectivity index (χ2n) is 8.11.